The van der Waals surface area contributed by atoms with Crippen molar-refractivity contribution in [2.75, 3.05) is 17.2 Å². The zero-order chi connectivity index (χ0) is 13.4. The number of carbonyl (C=O) groups is 1. The highest BCUT2D eigenvalue weighted by Gasteiger charge is 2.35. The van der Waals surface area contributed by atoms with Gasteiger partial charge in [-0.1, -0.05) is 6.42 Å². The maximum absolute atomic E-state index is 11.0. The first-order valence-corrected chi connectivity index (χ1v) is 7.06. The average Bonchev–Trinajstić information content (AvgIpc) is 2.86. The number of fused-ring (bicyclic) bond motifs is 1. The Morgan fingerprint density at radius 2 is 2.05 bits per heavy atom. The summed E-state index contributed by atoms with van der Waals surface area (Å²) < 4.78 is 0. The van der Waals surface area contributed by atoms with Crippen LogP contribution in [0.1, 0.15) is 42.5 Å². The van der Waals surface area contributed by atoms with Crippen LogP contribution in [0.15, 0.2) is 18.2 Å². The van der Waals surface area contributed by atoms with Crippen LogP contribution in [0.5, 0.6) is 0 Å². The third-order valence-corrected chi connectivity index (χ3v) is 4.58. The lowest BCUT2D eigenvalue weighted by atomic mass is 9.91. The molecule has 2 unspecified atom stereocenters. The summed E-state index contributed by atoms with van der Waals surface area (Å²) >= 11 is 0. The molecule has 1 saturated heterocycles. The molecule has 2 aliphatic rings. The van der Waals surface area contributed by atoms with Gasteiger partial charge in [0.2, 0.25) is 0 Å². The fourth-order valence-corrected chi connectivity index (χ4v) is 3.70. The fourth-order valence-electron chi connectivity index (χ4n) is 3.70. The van der Waals surface area contributed by atoms with Gasteiger partial charge in [-0.2, -0.15) is 0 Å². The van der Waals surface area contributed by atoms with E-state index in [0.29, 0.717) is 11.7 Å². The van der Waals surface area contributed by atoms with Crippen molar-refractivity contribution in [3.8, 4) is 0 Å². The molecule has 0 aromatic heterocycles. The van der Waals surface area contributed by atoms with Crippen molar-refractivity contribution in [2.45, 2.75) is 38.1 Å². The lowest BCUT2D eigenvalue weighted by Crippen LogP contribution is -2.43. The molecule has 4 heteroatoms. The van der Waals surface area contributed by atoms with Gasteiger partial charge < -0.3 is 15.7 Å². The molecule has 19 heavy (non-hydrogen) atoms. The Morgan fingerprint density at radius 3 is 2.79 bits per heavy atom. The van der Waals surface area contributed by atoms with Crippen LogP contribution < -0.4 is 10.6 Å². The molecule has 3 rings (SSSR count). The molecule has 0 amide bonds. The van der Waals surface area contributed by atoms with Crippen molar-refractivity contribution < 1.29 is 9.90 Å². The Morgan fingerprint density at radius 1 is 1.26 bits per heavy atom. The number of hydrogen-bond acceptors (Lipinski definition) is 3. The van der Waals surface area contributed by atoms with Crippen LogP contribution in [0, 0.1) is 5.92 Å². The van der Waals surface area contributed by atoms with E-state index in [9.17, 15) is 4.79 Å². The predicted octanol–water partition coefficient (Wildman–Crippen LogP) is 2.74. The highest BCUT2D eigenvalue weighted by Crippen LogP contribution is 2.40. The van der Waals surface area contributed by atoms with Crippen LogP contribution in [0.25, 0.3) is 0 Å². The van der Waals surface area contributed by atoms with Crippen LogP contribution in [0.4, 0.5) is 11.4 Å². The maximum Gasteiger partial charge on any atom is 0.335 e. The minimum atomic E-state index is -0.921. The van der Waals surface area contributed by atoms with Gasteiger partial charge in [0.15, 0.2) is 0 Å². The van der Waals surface area contributed by atoms with E-state index in [2.05, 4.69) is 4.90 Å². The SMILES string of the molecule is Nc1cc(C(=O)O)ccc1N1CCCC2CCCC21. The van der Waals surface area contributed by atoms with E-state index in [1.807, 2.05) is 6.07 Å². The first-order valence-electron chi connectivity index (χ1n) is 7.06. The summed E-state index contributed by atoms with van der Waals surface area (Å²) in [6.07, 6.45) is 6.41. The molecule has 1 heterocycles. The molecule has 102 valence electrons. The van der Waals surface area contributed by atoms with Gasteiger partial charge in [-0.25, -0.2) is 4.79 Å². The van der Waals surface area contributed by atoms with Gasteiger partial charge in [0.05, 0.1) is 16.9 Å². The van der Waals surface area contributed by atoms with Crippen LogP contribution in [0.2, 0.25) is 0 Å². The molecule has 1 aromatic rings. The van der Waals surface area contributed by atoms with Gasteiger partial charge in [0.1, 0.15) is 0 Å². The van der Waals surface area contributed by atoms with Crippen molar-refractivity contribution >= 4 is 17.3 Å². The third kappa shape index (κ3) is 2.15. The number of nitrogen functional groups attached to an aromatic ring is 1. The fraction of sp³-hybridized carbons (Fsp3) is 0.533. The predicted molar refractivity (Wildman–Crippen MR) is 75.5 cm³/mol. The number of anilines is 2. The highest BCUT2D eigenvalue weighted by atomic mass is 16.4. The van der Waals surface area contributed by atoms with Crippen LogP contribution in [0.3, 0.4) is 0 Å². The van der Waals surface area contributed by atoms with Crippen molar-refractivity contribution in [3.63, 3.8) is 0 Å². The third-order valence-electron chi connectivity index (χ3n) is 4.58. The monoisotopic (exact) mass is 260 g/mol. The molecule has 0 radical (unpaired) electrons. The van der Waals surface area contributed by atoms with Gasteiger partial charge in [0.25, 0.3) is 0 Å². The minimum absolute atomic E-state index is 0.265. The number of aromatic carboxylic acids is 1. The first kappa shape index (κ1) is 12.3. The zero-order valence-corrected chi connectivity index (χ0v) is 11.0. The number of benzene rings is 1. The van der Waals surface area contributed by atoms with Gasteiger partial charge in [0, 0.05) is 12.6 Å². The molecule has 1 aliphatic heterocycles. The van der Waals surface area contributed by atoms with E-state index in [-0.39, 0.29) is 5.56 Å². The highest BCUT2D eigenvalue weighted by molar-refractivity contribution is 5.90. The number of carboxylic acids is 1. The van der Waals surface area contributed by atoms with Crippen LogP contribution in [-0.2, 0) is 0 Å². The number of hydrogen-bond donors (Lipinski definition) is 2. The molecule has 2 fully saturated rings. The summed E-state index contributed by atoms with van der Waals surface area (Å²) in [5, 5.41) is 8.99. The first-order chi connectivity index (χ1) is 9.16. The Kier molecular flexibility index (Phi) is 3.09. The Hall–Kier alpha value is -1.71. The quantitative estimate of drug-likeness (QED) is 0.802. The summed E-state index contributed by atoms with van der Waals surface area (Å²) in [6.45, 7) is 1.04. The summed E-state index contributed by atoms with van der Waals surface area (Å²) in [4.78, 5) is 13.4. The summed E-state index contributed by atoms with van der Waals surface area (Å²) in [5.41, 5.74) is 7.94. The van der Waals surface area contributed by atoms with Gasteiger partial charge in [-0.3, -0.25) is 0 Å². The number of rotatable bonds is 2. The minimum Gasteiger partial charge on any atom is -0.478 e. The van der Waals surface area contributed by atoms with Crippen molar-refractivity contribution in [1.82, 2.24) is 0 Å². The van der Waals surface area contributed by atoms with Gasteiger partial charge >= 0.3 is 5.97 Å². The van der Waals surface area contributed by atoms with Crippen molar-refractivity contribution in [1.29, 1.82) is 0 Å². The second kappa shape index (κ2) is 4.76. The lowest BCUT2D eigenvalue weighted by molar-refractivity contribution is 0.0697. The van der Waals surface area contributed by atoms with E-state index in [4.69, 9.17) is 10.8 Å². The molecular weight excluding hydrogens is 240 g/mol. The van der Waals surface area contributed by atoms with Crippen molar-refractivity contribution in [3.05, 3.63) is 23.8 Å². The topological polar surface area (TPSA) is 66.6 Å². The molecule has 4 nitrogen and oxygen atoms in total. The smallest absolute Gasteiger partial charge is 0.335 e. The standard InChI is InChI=1S/C15H20N2O2/c16-12-9-11(15(18)19)6-7-14(12)17-8-2-4-10-3-1-5-13(10)17/h6-7,9-10,13H,1-5,8,16H2,(H,18,19). The molecule has 0 bridgehead atoms. The zero-order valence-electron chi connectivity index (χ0n) is 11.0. The number of piperidine rings is 1. The van der Waals surface area contributed by atoms with E-state index in [0.717, 1.165) is 18.2 Å². The summed E-state index contributed by atoms with van der Waals surface area (Å²) in [7, 11) is 0. The average molecular weight is 260 g/mol. The molecule has 0 spiro atoms. The molecule has 1 aliphatic carbocycles. The Balaban J connectivity index is 1.90. The Bertz CT molecular complexity index is 501. The van der Waals surface area contributed by atoms with Gasteiger partial charge in [-0.15, -0.1) is 0 Å². The molecule has 2 atom stereocenters. The van der Waals surface area contributed by atoms with Crippen molar-refractivity contribution in [2.24, 2.45) is 5.92 Å². The van der Waals surface area contributed by atoms with E-state index in [1.165, 1.54) is 32.1 Å². The maximum atomic E-state index is 11.0. The number of nitrogens with two attached hydrogens (primary N) is 1. The number of nitrogens with zero attached hydrogens (tertiary/aromatic N) is 1. The Labute approximate surface area is 113 Å². The van der Waals surface area contributed by atoms with Gasteiger partial charge in [-0.05, 0) is 49.8 Å². The summed E-state index contributed by atoms with van der Waals surface area (Å²) in [6, 6.07) is 5.72. The van der Waals surface area contributed by atoms with E-state index in [1.54, 1.807) is 12.1 Å². The molecule has 1 saturated carbocycles. The lowest BCUT2D eigenvalue weighted by Gasteiger charge is -2.40. The molecule has 3 N–H and O–H groups in total. The number of carboxylic acid groups (broad SMARTS) is 1. The molecular formula is C15H20N2O2. The van der Waals surface area contributed by atoms with E-state index < -0.39 is 5.97 Å². The van der Waals surface area contributed by atoms with Crippen LogP contribution in [-0.4, -0.2) is 23.7 Å². The molecule has 1 aromatic carbocycles. The van der Waals surface area contributed by atoms with Crippen LogP contribution >= 0.6 is 0 Å². The summed E-state index contributed by atoms with van der Waals surface area (Å²) in [5.74, 6) is -0.122. The second-order valence-electron chi connectivity index (χ2n) is 5.67. The second-order valence-corrected chi connectivity index (χ2v) is 5.67. The van der Waals surface area contributed by atoms with E-state index >= 15 is 0 Å². The largest absolute Gasteiger partial charge is 0.478 e. The normalized spacial score (nSPS) is 26.2.